The number of hydrogen-bond donors (Lipinski definition) is 0. The smallest absolute Gasteiger partial charge is 0.330 e. The van der Waals surface area contributed by atoms with E-state index in [-0.39, 0.29) is 25.4 Å². The molecule has 0 amide bonds. The molecule has 2 aromatic rings. The number of aryl methyl sites for hydroxylation is 1. The highest BCUT2D eigenvalue weighted by atomic mass is 16.6. The molecule has 0 heterocycles. The minimum absolute atomic E-state index is 0.271. The van der Waals surface area contributed by atoms with Crippen LogP contribution in [0.5, 0.6) is 11.5 Å². The molecule has 37 heavy (non-hydrogen) atoms. The van der Waals surface area contributed by atoms with E-state index in [0.29, 0.717) is 30.6 Å². The quantitative estimate of drug-likeness (QED) is 0.241. The third-order valence-electron chi connectivity index (χ3n) is 7.74. The number of rotatable bonds is 12. The van der Waals surface area contributed by atoms with E-state index >= 15 is 0 Å². The molecule has 1 fully saturated rings. The molecule has 6 heteroatoms. The molecule has 0 spiro atoms. The Hall–Kier alpha value is -3.28. The summed E-state index contributed by atoms with van der Waals surface area (Å²) in [5.74, 6) is 2.19. The van der Waals surface area contributed by atoms with E-state index < -0.39 is 11.9 Å². The average molecular weight is 507 g/mol. The highest BCUT2D eigenvalue weighted by Gasteiger charge is 2.46. The van der Waals surface area contributed by atoms with Crippen molar-refractivity contribution in [3.05, 3.63) is 60.2 Å². The number of esters is 2. The number of hydrogen-bond acceptors (Lipinski definition) is 6. The van der Waals surface area contributed by atoms with E-state index in [9.17, 15) is 9.59 Å². The average Bonchev–Trinajstić information content (AvgIpc) is 3.46. The van der Waals surface area contributed by atoms with Crippen molar-refractivity contribution >= 4 is 22.7 Å². The van der Waals surface area contributed by atoms with Crippen LogP contribution in [0.25, 0.3) is 10.8 Å². The van der Waals surface area contributed by atoms with Crippen molar-refractivity contribution in [2.45, 2.75) is 77.4 Å². The van der Waals surface area contributed by atoms with Crippen LogP contribution in [0, 0.1) is 12.8 Å². The summed E-state index contributed by atoms with van der Waals surface area (Å²) in [4.78, 5) is 23.6. The van der Waals surface area contributed by atoms with Crippen molar-refractivity contribution in [1.29, 1.82) is 0 Å². The maximum Gasteiger partial charge on any atom is 0.330 e. The third-order valence-corrected chi connectivity index (χ3v) is 7.74. The number of ether oxygens (including phenoxy) is 4. The molecule has 4 rings (SSSR count). The second-order valence-corrected chi connectivity index (χ2v) is 10.3. The van der Waals surface area contributed by atoms with Gasteiger partial charge in [0.2, 0.25) is 0 Å². The van der Waals surface area contributed by atoms with E-state index in [1.807, 2.05) is 13.8 Å². The predicted octanol–water partition coefficient (Wildman–Crippen LogP) is 6.53. The Morgan fingerprint density at radius 1 is 0.919 bits per heavy atom. The van der Waals surface area contributed by atoms with Gasteiger partial charge in [0.15, 0.2) is 0 Å². The van der Waals surface area contributed by atoms with Crippen molar-refractivity contribution in [2.75, 3.05) is 13.2 Å². The Bertz CT molecular complexity index is 1200. The summed E-state index contributed by atoms with van der Waals surface area (Å²) in [6.07, 6.45) is 5.11. The van der Waals surface area contributed by atoms with Gasteiger partial charge in [0.05, 0.1) is 0 Å². The van der Waals surface area contributed by atoms with Crippen LogP contribution >= 0.6 is 0 Å². The van der Waals surface area contributed by atoms with Crippen molar-refractivity contribution < 1.29 is 28.5 Å². The molecule has 2 bridgehead atoms. The second-order valence-electron chi connectivity index (χ2n) is 10.3. The molecule has 0 aromatic heterocycles. The summed E-state index contributed by atoms with van der Waals surface area (Å²) in [6, 6.07) is 6.31. The Balaban J connectivity index is 1.76. The second kappa shape index (κ2) is 11.4. The predicted molar refractivity (Wildman–Crippen MR) is 144 cm³/mol. The summed E-state index contributed by atoms with van der Waals surface area (Å²) < 4.78 is 24.0. The Morgan fingerprint density at radius 3 is 2.03 bits per heavy atom. The molecule has 5 atom stereocenters. The van der Waals surface area contributed by atoms with E-state index in [4.69, 9.17) is 18.9 Å². The van der Waals surface area contributed by atoms with Crippen LogP contribution in [0.1, 0.15) is 75.0 Å². The minimum atomic E-state index is -0.444. The maximum atomic E-state index is 11.8. The molecule has 0 N–H and O–H groups in total. The minimum Gasteiger partial charge on any atom is -0.489 e. The molecule has 198 valence electrons. The van der Waals surface area contributed by atoms with Gasteiger partial charge < -0.3 is 18.9 Å². The zero-order valence-corrected chi connectivity index (χ0v) is 22.4. The van der Waals surface area contributed by atoms with Crippen LogP contribution in [-0.4, -0.2) is 37.4 Å². The standard InChI is InChI=1S/C31H38O6/c1-7-21(36-26(32)9-3)16-34-30-23-12-11-18(5)13-25(23)31(35-17-22(8-2)37-27(33)10-4)28-20-14-19(6)24(15-20)29(28)30/h9-13,19-22,24H,3-4,7-8,14-17H2,1-2,5-6H3. The number of carbonyl (C=O) groups excluding carboxylic acids is 2. The van der Waals surface area contributed by atoms with Crippen LogP contribution < -0.4 is 9.47 Å². The lowest BCUT2D eigenvalue weighted by Gasteiger charge is -2.29. The first-order chi connectivity index (χ1) is 17.8. The van der Waals surface area contributed by atoms with Gasteiger partial charge in [0, 0.05) is 34.1 Å². The molecule has 2 aliphatic carbocycles. The van der Waals surface area contributed by atoms with Crippen molar-refractivity contribution in [3.8, 4) is 11.5 Å². The lowest BCUT2D eigenvalue weighted by atomic mass is 9.81. The van der Waals surface area contributed by atoms with Crippen LogP contribution in [0.15, 0.2) is 43.5 Å². The summed E-state index contributed by atoms with van der Waals surface area (Å²) in [5, 5.41) is 1.98. The topological polar surface area (TPSA) is 71.1 Å². The Kier molecular flexibility index (Phi) is 8.25. The van der Waals surface area contributed by atoms with Crippen molar-refractivity contribution in [3.63, 3.8) is 0 Å². The summed E-state index contributed by atoms with van der Waals surface area (Å²) in [6.45, 7) is 15.9. The first-order valence-corrected chi connectivity index (χ1v) is 13.3. The third kappa shape index (κ3) is 5.39. The lowest BCUT2D eigenvalue weighted by Crippen LogP contribution is -2.25. The van der Waals surface area contributed by atoms with Crippen LogP contribution in [0.4, 0.5) is 0 Å². The summed E-state index contributed by atoms with van der Waals surface area (Å²) in [7, 11) is 0. The fourth-order valence-electron chi connectivity index (χ4n) is 5.80. The number of benzene rings is 2. The first kappa shape index (κ1) is 26.8. The van der Waals surface area contributed by atoms with Gasteiger partial charge in [-0.2, -0.15) is 0 Å². The SMILES string of the molecule is C=CC(=O)OC(CC)COc1c2c(c(OCC(CC)OC(=O)C=C)c3ccc(C)cc13)C1CC2CC1C. The molecular weight excluding hydrogens is 468 g/mol. The molecule has 1 saturated carbocycles. The van der Waals surface area contributed by atoms with Gasteiger partial charge in [0.1, 0.15) is 36.9 Å². The maximum absolute atomic E-state index is 11.8. The molecular formula is C31H38O6. The van der Waals surface area contributed by atoms with E-state index in [1.54, 1.807) is 0 Å². The van der Waals surface area contributed by atoms with Gasteiger partial charge in [-0.15, -0.1) is 0 Å². The fraction of sp³-hybridized carbons (Fsp3) is 0.484. The van der Waals surface area contributed by atoms with Gasteiger partial charge in [-0.25, -0.2) is 9.59 Å². The van der Waals surface area contributed by atoms with E-state index in [1.165, 1.54) is 23.3 Å². The summed E-state index contributed by atoms with van der Waals surface area (Å²) >= 11 is 0. The molecule has 0 radical (unpaired) electrons. The van der Waals surface area contributed by atoms with Crippen molar-refractivity contribution in [1.82, 2.24) is 0 Å². The number of carbonyl (C=O) groups is 2. The van der Waals surface area contributed by atoms with Gasteiger partial charge in [-0.05, 0) is 56.4 Å². The van der Waals surface area contributed by atoms with E-state index in [0.717, 1.165) is 40.7 Å². The Labute approximate surface area is 219 Å². The molecule has 2 aromatic carbocycles. The van der Waals surface area contributed by atoms with Gasteiger partial charge >= 0.3 is 11.9 Å². The van der Waals surface area contributed by atoms with Crippen LogP contribution in [0.3, 0.4) is 0 Å². The van der Waals surface area contributed by atoms with E-state index in [2.05, 4.69) is 45.2 Å². The zero-order chi connectivity index (χ0) is 26.7. The summed E-state index contributed by atoms with van der Waals surface area (Å²) in [5.41, 5.74) is 3.56. The van der Waals surface area contributed by atoms with Gasteiger partial charge in [0.25, 0.3) is 0 Å². The zero-order valence-electron chi connectivity index (χ0n) is 22.4. The largest absolute Gasteiger partial charge is 0.489 e. The van der Waals surface area contributed by atoms with Gasteiger partial charge in [-0.3, -0.25) is 0 Å². The highest BCUT2D eigenvalue weighted by Crippen LogP contribution is 2.63. The van der Waals surface area contributed by atoms with Crippen molar-refractivity contribution in [2.24, 2.45) is 5.92 Å². The number of fused-ring (bicyclic) bond motifs is 6. The monoisotopic (exact) mass is 506 g/mol. The lowest BCUT2D eigenvalue weighted by molar-refractivity contribution is -0.145. The molecule has 2 aliphatic rings. The molecule has 6 nitrogen and oxygen atoms in total. The molecule has 5 unspecified atom stereocenters. The molecule has 0 saturated heterocycles. The Morgan fingerprint density at radius 2 is 1.49 bits per heavy atom. The van der Waals surface area contributed by atoms with Crippen LogP contribution in [0.2, 0.25) is 0 Å². The first-order valence-electron chi connectivity index (χ1n) is 13.3. The highest BCUT2D eigenvalue weighted by molar-refractivity contribution is 5.97. The molecule has 0 aliphatic heterocycles. The van der Waals surface area contributed by atoms with Gasteiger partial charge in [-0.1, -0.05) is 51.6 Å². The van der Waals surface area contributed by atoms with Crippen LogP contribution in [-0.2, 0) is 19.1 Å². The fourth-order valence-corrected chi connectivity index (χ4v) is 5.80. The normalized spacial score (nSPS) is 21.1.